The summed E-state index contributed by atoms with van der Waals surface area (Å²) in [5, 5.41) is 13.8. The van der Waals surface area contributed by atoms with Crippen molar-refractivity contribution in [1.29, 1.82) is 0 Å². The van der Waals surface area contributed by atoms with Crippen LogP contribution in [0.25, 0.3) is 0 Å². The topological polar surface area (TPSA) is 61.7 Å². The minimum absolute atomic E-state index is 0.0110. The summed E-state index contributed by atoms with van der Waals surface area (Å²) < 4.78 is 0. The van der Waals surface area contributed by atoms with Gasteiger partial charge in [-0.1, -0.05) is 12.1 Å². The largest absolute Gasteiger partial charge is 0.507 e. The molecule has 1 aromatic rings. The van der Waals surface area contributed by atoms with Crippen LogP contribution < -0.4 is 5.43 Å². The molecule has 2 atom stereocenters. The molecule has 0 spiro atoms. The molecule has 2 aliphatic carbocycles. The standard InChI is InChI=1S/C14H16N2O2/c17-13-4-2-1-3-11(13)14(18)16-15-12-8-9-5-6-10(12)7-9/h1-4,9-10,17H,5-8H2,(H,16,18)/b15-12-/t9-,10-/m0/s1. The van der Waals surface area contributed by atoms with E-state index < -0.39 is 0 Å². The van der Waals surface area contributed by atoms with Crippen molar-refractivity contribution in [3.8, 4) is 5.75 Å². The van der Waals surface area contributed by atoms with Gasteiger partial charge in [0.1, 0.15) is 5.75 Å². The number of phenols is 1. The van der Waals surface area contributed by atoms with E-state index in [9.17, 15) is 9.90 Å². The highest BCUT2D eigenvalue weighted by molar-refractivity contribution is 5.98. The van der Waals surface area contributed by atoms with Crippen LogP contribution >= 0.6 is 0 Å². The number of amides is 1. The Hall–Kier alpha value is -1.84. The van der Waals surface area contributed by atoms with Crippen LogP contribution in [0.1, 0.15) is 36.0 Å². The summed E-state index contributed by atoms with van der Waals surface area (Å²) in [6.45, 7) is 0. The second kappa shape index (κ2) is 4.44. The molecule has 1 aromatic carbocycles. The van der Waals surface area contributed by atoms with Crippen LogP contribution in [0.2, 0.25) is 0 Å². The fraction of sp³-hybridized carbons (Fsp3) is 0.429. The summed E-state index contributed by atoms with van der Waals surface area (Å²) in [6, 6.07) is 6.50. The van der Waals surface area contributed by atoms with Crippen LogP contribution in [-0.4, -0.2) is 16.7 Å². The van der Waals surface area contributed by atoms with Crippen molar-refractivity contribution >= 4 is 11.6 Å². The lowest BCUT2D eigenvalue weighted by Crippen LogP contribution is -2.21. The van der Waals surface area contributed by atoms with Crippen LogP contribution in [0.4, 0.5) is 0 Å². The van der Waals surface area contributed by atoms with Crippen molar-refractivity contribution in [3.63, 3.8) is 0 Å². The number of hydrazone groups is 1. The van der Waals surface area contributed by atoms with Crippen LogP contribution in [0.15, 0.2) is 29.4 Å². The highest BCUT2D eigenvalue weighted by Crippen LogP contribution is 2.42. The Morgan fingerprint density at radius 3 is 2.83 bits per heavy atom. The Morgan fingerprint density at radius 2 is 2.17 bits per heavy atom. The highest BCUT2D eigenvalue weighted by Gasteiger charge is 2.36. The van der Waals surface area contributed by atoms with Gasteiger partial charge in [0, 0.05) is 5.71 Å². The van der Waals surface area contributed by atoms with Crippen LogP contribution in [0, 0.1) is 11.8 Å². The Kier molecular flexibility index (Phi) is 2.78. The van der Waals surface area contributed by atoms with Crippen LogP contribution in [-0.2, 0) is 0 Å². The Bertz CT molecular complexity index is 510. The van der Waals surface area contributed by atoms with Gasteiger partial charge in [0.05, 0.1) is 5.56 Å². The monoisotopic (exact) mass is 244 g/mol. The van der Waals surface area contributed by atoms with Gasteiger partial charge in [0.15, 0.2) is 0 Å². The average molecular weight is 244 g/mol. The number of rotatable bonds is 2. The van der Waals surface area contributed by atoms with E-state index in [1.807, 2.05) is 0 Å². The number of fused-ring (bicyclic) bond motifs is 2. The van der Waals surface area contributed by atoms with E-state index in [4.69, 9.17) is 0 Å². The molecule has 0 radical (unpaired) electrons. The first-order valence-corrected chi connectivity index (χ1v) is 6.39. The number of nitrogens with one attached hydrogen (secondary N) is 1. The summed E-state index contributed by atoms with van der Waals surface area (Å²) in [5.74, 6) is 0.988. The number of carbonyl (C=O) groups excluding carboxylic acids is 1. The van der Waals surface area contributed by atoms with E-state index in [0.29, 0.717) is 5.92 Å². The summed E-state index contributed by atoms with van der Waals surface area (Å²) in [6.07, 6.45) is 4.75. The van der Waals surface area contributed by atoms with Gasteiger partial charge >= 0.3 is 0 Å². The van der Waals surface area contributed by atoms with Gasteiger partial charge in [-0.05, 0) is 49.7 Å². The maximum atomic E-state index is 11.9. The van der Waals surface area contributed by atoms with Crippen LogP contribution in [0.3, 0.4) is 0 Å². The first-order chi connectivity index (χ1) is 8.74. The van der Waals surface area contributed by atoms with E-state index in [-0.39, 0.29) is 17.2 Å². The van der Waals surface area contributed by atoms with E-state index >= 15 is 0 Å². The molecule has 4 nitrogen and oxygen atoms in total. The maximum Gasteiger partial charge on any atom is 0.275 e. The zero-order valence-electron chi connectivity index (χ0n) is 10.1. The Morgan fingerprint density at radius 1 is 1.33 bits per heavy atom. The quantitative estimate of drug-likeness (QED) is 0.784. The third-order valence-corrected chi connectivity index (χ3v) is 3.96. The number of hydrogen-bond acceptors (Lipinski definition) is 3. The fourth-order valence-electron chi connectivity index (χ4n) is 3.01. The third kappa shape index (κ3) is 1.98. The van der Waals surface area contributed by atoms with Gasteiger partial charge in [-0.15, -0.1) is 0 Å². The van der Waals surface area contributed by atoms with E-state index in [2.05, 4.69) is 10.5 Å². The maximum absolute atomic E-state index is 11.9. The fourth-order valence-corrected chi connectivity index (χ4v) is 3.01. The van der Waals surface area contributed by atoms with Crippen molar-refractivity contribution in [2.45, 2.75) is 25.7 Å². The number of para-hydroxylation sites is 1. The molecule has 2 saturated carbocycles. The molecule has 0 saturated heterocycles. The summed E-state index contributed by atoms with van der Waals surface area (Å²) >= 11 is 0. The van der Waals surface area contributed by atoms with Gasteiger partial charge in [-0.25, -0.2) is 5.43 Å². The van der Waals surface area contributed by atoms with E-state index in [0.717, 1.165) is 18.1 Å². The molecule has 2 fully saturated rings. The Balaban J connectivity index is 1.69. The predicted octanol–water partition coefficient (Wildman–Crippen LogP) is 2.30. The normalized spacial score (nSPS) is 27.7. The average Bonchev–Trinajstić information content (AvgIpc) is 2.98. The molecule has 4 heteroatoms. The van der Waals surface area contributed by atoms with Crippen molar-refractivity contribution in [1.82, 2.24) is 5.43 Å². The van der Waals surface area contributed by atoms with E-state index in [1.54, 1.807) is 18.2 Å². The van der Waals surface area contributed by atoms with Crippen molar-refractivity contribution in [2.24, 2.45) is 16.9 Å². The molecular formula is C14H16N2O2. The van der Waals surface area contributed by atoms with Gasteiger partial charge in [-0.2, -0.15) is 5.10 Å². The molecule has 0 aromatic heterocycles. The molecule has 3 rings (SSSR count). The number of benzene rings is 1. The zero-order valence-corrected chi connectivity index (χ0v) is 10.1. The summed E-state index contributed by atoms with van der Waals surface area (Å²) in [7, 11) is 0. The van der Waals surface area contributed by atoms with Crippen molar-refractivity contribution < 1.29 is 9.90 Å². The molecular weight excluding hydrogens is 228 g/mol. The molecule has 0 unspecified atom stereocenters. The lowest BCUT2D eigenvalue weighted by molar-refractivity contribution is 0.0952. The lowest BCUT2D eigenvalue weighted by Gasteiger charge is -2.11. The van der Waals surface area contributed by atoms with Gasteiger partial charge < -0.3 is 5.11 Å². The second-order valence-electron chi connectivity index (χ2n) is 5.14. The van der Waals surface area contributed by atoms with Crippen LogP contribution in [0.5, 0.6) is 5.75 Å². The molecule has 2 bridgehead atoms. The number of aromatic hydroxyl groups is 1. The molecule has 0 aliphatic heterocycles. The molecule has 94 valence electrons. The van der Waals surface area contributed by atoms with Gasteiger partial charge in [0.25, 0.3) is 5.91 Å². The molecule has 18 heavy (non-hydrogen) atoms. The smallest absolute Gasteiger partial charge is 0.275 e. The van der Waals surface area contributed by atoms with Gasteiger partial charge in [0.2, 0.25) is 0 Å². The first kappa shape index (κ1) is 11.3. The molecule has 0 heterocycles. The highest BCUT2D eigenvalue weighted by atomic mass is 16.3. The molecule has 2 N–H and O–H groups in total. The number of hydrogen-bond donors (Lipinski definition) is 2. The minimum Gasteiger partial charge on any atom is -0.507 e. The SMILES string of the molecule is O=C(N/N=C1/C[C@H]2CC[C@H]1C2)c1ccccc1O. The van der Waals surface area contributed by atoms with Crippen molar-refractivity contribution in [3.05, 3.63) is 29.8 Å². The van der Waals surface area contributed by atoms with Gasteiger partial charge in [-0.3, -0.25) is 4.79 Å². The number of phenolic OH excluding ortho intramolecular Hbond substituents is 1. The van der Waals surface area contributed by atoms with E-state index in [1.165, 1.54) is 25.3 Å². The lowest BCUT2D eigenvalue weighted by atomic mass is 9.99. The van der Waals surface area contributed by atoms with Crippen molar-refractivity contribution in [2.75, 3.05) is 0 Å². The number of carbonyl (C=O) groups is 1. The summed E-state index contributed by atoms with van der Waals surface area (Å²) in [5.41, 5.74) is 3.94. The first-order valence-electron chi connectivity index (χ1n) is 6.39. The summed E-state index contributed by atoms with van der Waals surface area (Å²) in [4.78, 5) is 11.9. The molecule has 2 aliphatic rings. The zero-order chi connectivity index (χ0) is 12.5. The number of nitrogens with zero attached hydrogens (tertiary/aromatic N) is 1. The molecule has 1 amide bonds. The predicted molar refractivity (Wildman–Crippen MR) is 68.5 cm³/mol. The Labute approximate surface area is 106 Å². The minimum atomic E-state index is -0.344. The second-order valence-corrected chi connectivity index (χ2v) is 5.14. The third-order valence-electron chi connectivity index (χ3n) is 3.96.